The first-order valence-corrected chi connectivity index (χ1v) is 7.77. The molecule has 1 aromatic heterocycles. The van der Waals surface area contributed by atoms with Crippen molar-refractivity contribution >= 4 is 17.3 Å². The molecule has 0 unspecified atom stereocenters. The molecule has 0 spiro atoms. The summed E-state index contributed by atoms with van der Waals surface area (Å²) in [6, 6.07) is 0. The van der Waals surface area contributed by atoms with Crippen LogP contribution in [0.2, 0.25) is 0 Å². The molecule has 2 rings (SSSR count). The Labute approximate surface area is 112 Å². The van der Waals surface area contributed by atoms with E-state index in [2.05, 4.69) is 11.9 Å². The van der Waals surface area contributed by atoms with Crippen molar-refractivity contribution in [2.24, 2.45) is 0 Å². The monoisotopic (exact) mass is 267 g/mol. The molecule has 0 radical (unpaired) electrons. The smallest absolute Gasteiger partial charge is 0.347 e. The lowest BCUT2D eigenvalue weighted by Gasteiger charge is -2.09. The molecular weight excluding hydrogens is 246 g/mol. The summed E-state index contributed by atoms with van der Waals surface area (Å²) in [5, 5.41) is 10.3. The first-order valence-electron chi connectivity index (χ1n) is 6.95. The summed E-state index contributed by atoms with van der Waals surface area (Å²) in [5.74, 6) is -0.308. The molecule has 1 fully saturated rings. The summed E-state index contributed by atoms with van der Waals surface area (Å²) < 4.78 is 0. The zero-order chi connectivity index (χ0) is 13.0. The molecule has 0 saturated heterocycles. The van der Waals surface area contributed by atoms with Gasteiger partial charge in [-0.2, -0.15) is 0 Å². The number of hydrogen-bond donors (Lipinski definition) is 1. The Morgan fingerprint density at radius 1 is 1.33 bits per heavy atom. The minimum absolute atomic E-state index is 0.469. The van der Waals surface area contributed by atoms with Gasteiger partial charge in [-0.15, -0.1) is 11.3 Å². The summed E-state index contributed by atoms with van der Waals surface area (Å²) in [4.78, 5) is 16.3. The van der Waals surface area contributed by atoms with E-state index >= 15 is 0 Å². The number of aromatic carboxylic acids is 1. The summed E-state index contributed by atoms with van der Waals surface area (Å²) in [7, 11) is 0. The SMILES string of the molecule is CCCc1nc(C2CCCCCC2)sc1C(=O)O. The molecule has 0 atom stereocenters. The van der Waals surface area contributed by atoms with Gasteiger partial charge in [-0.25, -0.2) is 9.78 Å². The summed E-state index contributed by atoms with van der Waals surface area (Å²) in [6.45, 7) is 2.07. The summed E-state index contributed by atoms with van der Waals surface area (Å²) >= 11 is 1.41. The third-order valence-electron chi connectivity index (χ3n) is 3.60. The van der Waals surface area contributed by atoms with Crippen LogP contribution in [0.5, 0.6) is 0 Å². The van der Waals surface area contributed by atoms with Gasteiger partial charge in [0.15, 0.2) is 0 Å². The molecule has 1 aromatic rings. The number of carboxylic acid groups (broad SMARTS) is 1. The summed E-state index contributed by atoms with van der Waals surface area (Å²) in [5.41, 5.74) is 0.800. The molecule has 0 aliphatic heterocycles. The van der Waals surface area contributed by atoms with Gasteiger partial charge in [0.1, 0.15) is 4.88 Å². The average molecular weight is 267 g/mol. The Morgan fingerprint density at radius 3 is 2.56 bits per heavy atom. The van der Waals surface area contributed by atoms with Crippen LogP contribution in [0.1, 0.15) is 78.2 Å². The van der Waals surface area contributed by atoms with Gasteiger partial charge < -0.3 is 5.11 Å². The van der Waals surface area contributed by atoms with Crippen LogP contribution in [0.15, 0.2) is 0 Å². The maximum absolute atomic E-state index is 11.2. The number of aromatic nitrogens is 1. The van der Waals surface area contributed by atoms with Crippen molar-refractivity contribution in [2.75, 3.05) is 0 Å². The van der Waals surface area contributed by atoms with Gasteiger partial charge in [0.25, 0.3) is 0 Å². The van der Waals surface area contributed by atoms with E-state index in [0.29, 0.717) is 10.8 Å². The zero-order valence-corrected chi connectivity index (χ0v) is 11.8. The Balaban J connectivity index is 2.21. The highest BCUT2D eigenvalue weighted by Crippen LogP contribution is 2.35. The first kappa shape index (κ1) is 13.5. The fourth-order valence-electron chi connectivity index (χ4n) is 2.64. The van der Waals surface area contributed by atoms with Crippen molar-refractivity contribution in [2.45, 2.75) is 64.2 Å². The third kappa shape index (κ3) is 3.10. The predicted molar refractivity (Wildman–Crippen MR) is 73.5 cm³/mol. The second-order valence-corrected chi connectivity index (χ2v) is 6.10. The standard InChI is InChI=1S/C14H21NO2S/c1-2-7-11-12(14(16)17)18-13(15-11)10-8-5-3-4-6-9-10/h10H,2-9H2,1H3,(H,16,17). The van der Waals surface area contributed by atoms with Crippen LogP contribution in [0.4, 0.5) is 0 Å². The number of rotatable bonds is 4. The Hall–Kier alpha value is -0.900. The van der Waals surface area contributed by atoms with Crippen molar-refractivity contribution in [3.05, 3.63) is 15.6 Å². The molecule has 1 N–H and O–H groups in total. The number of carboxylic acids is 1. The molecule has 4 heteroatoms. The molecule has 1 saturated carbocycles. The Kier molecular flexibility index (Phi) is 4.75. The molecular formula is C14H21NO2S. The second-order valence-electron chi connectivity index (χ2n) is 5.07. The fraction of sp³-hybridized carbons (Fsp3) is 0.714. The van der Waals surface area contributed by atoms with Crippen molar-refractivity contribution in [1.29, 1.82) is 0 Å². The van der Waals surface area contributed by atoms with Crippen LogP contribution in [-0.2, 0) is 6.42 Å². The Morgan fingerprint density at radius 2 is 2.00 bits per heavy atom. The van der Waals surface area contributed by atoms with Crippen LogP contribution < -0.4 is 0 Å². The van der Waals surface area contributed by atoms with E-state index in [1.807, 2.05) is 0 Å². The molecule has 0 bridgehead atoms. The van der Waals surface area contributed by atoms with Crippen LogP contribution in [0.25, 0.3) is 0 Å². The number of nitrogens with zero attached hydrogens (tertiary/aromatic N) is 1. The number of aryl methyl sites for hydroxylation is 1. The van der Waals surface area contributed by atoms with Crippen LogP contribution in [0.3, 0.4) is 0 Å². The number of thiazole rings is 1. The van der Waals surface area contributed by atoms with Gasteiger partial charge in [-0.05, 0) is 19.3 Å². The van der Waals surface area contributed by atoms with Crippen LogP contribution >= 0.6 is 11.3 Å². The molecule has 1 heterocycles. The molecule has 1 aliphatic rings. The van der Waals surface area contributed by atoms with Crippen LogP contribution in [-0.4, -0.2) is 16.1 Å². The lowest BCUT2D eigenvalue weighted by Crippen LogP contribution is -1.99. The van der Waals surface area contributed by atoms with Crippen molar-refractivity contribution in [3.8, 4) is 0 Å². The van der Waals surface area contributed by atoms with Crippen molar-refractivity contribution in [1.82, 2.24) is 4.98 Å². The minimum Gasteiger partial charge on any atom is -0.477 e. The number of hydrogen-bond acceptors (Lipinski definition) is 3. The van der Waals surface area contributed by atoms with Crippen molar-refractivity contribution < 1.29 is 9.90 Å². The lowest BCUT2D eigenvalue weighted by molar-refractivity contribution is 0.0700. The topological polar surface area (TPSA) is 50.2 Å². The second kappa shape index (κ2) is 6.32. The Bertz CT molecular complexity index is 406. The lowest BCUT2D eigenvalue weighted by atomic mass is 10.0. The highest BCUT2D eigenvalue weighted by molar-refractivity contribution is 7.13. The van der Waals surface area contributed by atoms with Gasteiger partial charge in [0, 0.05) is 5.92 Å². The average Bonchev–Trinajstić information content (AvgIpc) is 2.59. The fourth-order valence-corrected chi connectivity index (χ4v) is 3.76. The van der Waals surface area contributed by atoms with E-state index in [1.165, 1.54) is 49.9 Å². The van der Waals surface area contributed by atoms with E-state index in [0.717, 1.165) is 23.5 Å². The molecule has 100 valence electrons. The molecule has 18 heavy (non-hydrogen) atoms. The van der Waals surface area contributed by atoms with E-state index in [9.17, 15) is 9.90 Å². The van der Waals surface area contributed by atoms with Crippen molar-refractivity contribution in [3.63, 3.8) is 0 Å². The number of carbonyl (C=O) groups is 1. The molecule has 0 aromatic carbocycles. The largest absolute Gasteiger partial charge is 0.477 e. The normalized spacial score (nSPS) is 17.6. The van der Waals surface area contributed by atoms with E-state index in [1.54, 1.807) is 0 Å². The predicted octanol–water partition coefficient (Wildman–Crippen LogP) is 4.23. The quantitative estimate of drug-likeness (QED) is 0.830. The van der Waals surface area contributed by atoms with E-state index in [4.69, 9.17) is 0 Å². The highest BCUT2D eigenvalue weighted by Gasteiger charge is 2.22. The third-order valence-corrected chi connectivity index (χ3v) is 4.85. The van der Waals surface area contributed by atoms with E-state index < -0.39 is 5.97 Å². The van der Waals surface area contributed by atoms with Gasteiger partial charge in [-0.1, -0.05) is 39.0 Å². The van der Waals surface area contributed by atoms with Gasteiger partial charge in [-0.3, -0.25) is 0 Å². The van der Waals surface area contributed by atoms with Crippen LogP contribution in [0, 0.1) is 0 Å². The van der Waals surface area contributed by atoms with E-state index in [-0.39, 0.29) is 0 Å². The highest BCUT2D eigenvalue weighted by atomic mass is 32.1. The van der Waals surface area contributed by atoms with Gasteiger partial charge in [0.2, 0.25) is 0 Å². The molecule has 3 nitrogen and oxygen atoms in total. The maximum Gasteiger partial charge on any atom is 0.347 e. The van der Waals surface area contributed by atoms with Gasteiger partial charge in [0.05, 0.1) is 10.7 Å². The minimum atomic E-state index is -0.809. The zero-order valence-electron chi connectivity index (χ0n) is 10.9. The maximum atomic E-state index is 11.2. The molecule has 1 aliphatic carbocycles. The molecule has 0 amide bonds. The van der Waals surface area contributed by atoms with Gasteiger partial charge >= 0.3 is 5.97 Å². The first-order chi connectivity index (χ1) is 8.72. The summed E-state index contributed by atoms with van der Waals surface area (Å²) in [6.07, 6.45) is 9.24.